The maximum Gasteiger partial charge on any atom is 0.297 e. The standard InChI is InChI=1S/C20H19N3O3S/c1-11-8-15(13(3)27-11)12(2)22-17(24)9-23-10-21-18-14-6-4-5-7-16(14)26-19(18)20(23)25/h4-8,10,12H,9H2,1-3H3,(H,22,24)/t12-/m1/s1. The highest BCUT2D eigenvalue weighted by Gasteiger charge is 2.17. The number of nitrogens with zero attached hydrogens (tertiary/aromatic N) is 2. The van der Waals surface area contributed by atoms with Crippen LogP contribution in [-0.4, -0.2) is 15.5 Å². The van der Waals surface area contributed by atoms with Crippen molar-refractivity contribution in [2.75, 3.05) is 0 Å². The number of aromatic nitrogens is 2. The van der Waals surface area contributed by atoms with Gasteiger partial charge in [0.25, 0.3) is 5.56 Å². The Morgan fingerprint density at radius 2 is 2.11 bits per heavy atom. The molecule has 0 unspecified atom stereocenters. The molecule has 0 saturated carbocycles. The molecule has 3 aromatic heterocycles. The van der Waals surface area contributed by atoms with Crippen LogP contribution in [0.4, 0.5) is 0 Å². The Morgan fingerprint density at radius 3 is 2.85 bits per heavy atom. The van der Waals surface area contributed by atoms with E-state index in [2.05, 4.69) is 16.4 Å². The van der Waals surface area contributed by atoms with Crippen molar-refractivity contribution in [3.63, 3.8) is 0 Å². The summed E-state index contributed by atoms with van der Waals surface area (Å²) < 4.78 is 6.92. The summed E-state index contributed by atoms with van der Waals surface area (Å²) in [6, 6.07) is 9.32. The number of furan rings is 1. The lowest BCUT2D eigenvalue weighted by molar-refractivity contribution is -0.122. The largest absolute Gasteiger partial charge is 0.448 e. The van der Waals surface area contributed by atoms with E-state index in [1.807, 2.05) is 39.0 Å². The summed E-state index contributed by atoms with van der Waals surface area (Å²) in [5, 5.41) is 3.74. The molecule has 6 nitrogen and oxygen atoms in total. The quantitative estimate of drug-likeness (QED) is 0.585. The molecule has 0 aliphatic heterocycles. The maximum absolute atomic E-state index is 12.7. The first-order valence-corrected chi connectivity index (χ1v) is 9.48. The zero-order chi connectivity index (χ0) is 19.1. The first kappa shape index (κ1) is 17.5. The lowest BCUT2D eigenvalue weighted by atomic mass is 10.1. The maximum atomic E-state index is 12.7. The van der Waals surface area contributed by atoms with Crippen LogP contribution >= 0.6 is 11.3 Å². The van der Waals surface area contributed by atoms with Crippen molar-refractivity contribution < 1.29 is 9.21 Å². The minimum atomic E-state index is -0.360. The van der Waals surface area contributed by atoms with Crippen LogP contribution in [-0.2, 0) is 11.3 Å². The Hall–Kier alpha value is -2.93. The van der Waals surface area contributed by atoms with Crippen LogP contribution in [0.3, 0.4) is 0 Å². The van der Waals surface area contributed by atoms with E-state index in [0.717, 1.165) is 10.9 Å². The number of nitrogens with one attached hydrogen (secondary N) is 1. The molecule has 1 aromatic carbocycles. The molecule has 4 aromatic rings. The smallest absolute Gasteiger partial charge is 0.297 e. The first-order chi connectivity index (χ1) is 12.9. The second kappa shape index (κ2) is 6.66. The number of rotatable bonds is 4. The van der Waals surface area contributed by atoms with Gasteiger partial charge < -0.3 is 9.73 Å². The molecule has 0 bridgehead atoms. The van der Waals surface area contributed by atoms with Gasteiger partial charge in [-0.15, -0.1) is 11.3 Å². The third-order valence-electron chi connectivity index (χ3n) is 4.59. The zero-order valence-corrected chi connectivity index (χ0v) is 16.1. The summed E-state index contributed by atoms with van der Waals surface area (Å²) in [5.74, 6) is -0.245. The number of thiophene rings is 1. The molecule has 7 heteroatoms. The molecule has 4 rings (SSSR count). The third kappa shape index (κ3) is 3.14. The average Bonchev–Trinajstić information content (AvgIpc) is 3.17. The van der Waals surface area contributed by atoms with Crippen LogP contribution in [0.25, 0.3) is 22.1 Å². The lowest BCUT2D eigenvalue weighted by Crippen LogP contribution is -2.33. The summed E-state index contributed by atoms with van der Waals surface area (Å²) >= 11 is 1.71. The second-order valence-corrected chi connectivity index (χ2v) is 8.07. The highest BCUT2D eigenvalue weighted by Crippen LogP contribution is 2.26. The van der Waals surface area contributed by atoms with E-state index in [4.69, 9.17) is 4.42 Å². The normalized spacial score (nSPS) is 12.6. The fourth-order valence-corrected chi connectivity index (χ4v) is 4.35. The van der Waals surface area contributed by atoms with Gasteiger partial charge in [0.15, 0.2) is 0 Å². The molecule has 0 spiro atoms. The first-order valence-electron chi connectivity index (χ1n) is 8.67. The summed E-state index contributed by atoms with van der Waals surface area (Å²) in [6.45, 7) is 5.92. The third-order valence-corrected chi connectivity index (χ3v) is 5.57. The molecule has 0 aliphatic carbocycles. The van der Waals surface area contributed by atoms with E-state index >= 15 is 0 Å². The van der Waals surface area contributed by atoms with Gasteiger partial charge in [-0.1, -0.05) is 12.1 Å². The Labute approximate surface area is 159 Å². The van der Waals surface area contributed by atoms with Crippen molar-refractivity contribution in [1.82, 2.24) is 14.9 Å². The summed E-state index contributed by atoms with van der Waals surface area (Å²) in [6.07, 6.45) is 1.40. The van der Waals surface area contributed by atoms with Gasteiger partial charge in [-0.05, 0) is 44.5 Å². The minimum Gasteiger partial charge on any atom is -0.448 e. The molecule has 0 fully saturated rings. The van der Waals surface area contributed by atoms with Gasteiger partial charge in [0.05, 0.1) is 12.4 Å². The van der Waals surface area contributed by atoms with Gasteiger partial charge in [0.1, 0.15) is 17.6 Å². The highest BCUT2D eigenvalue weighted by atomic mass is 32.1. The van der Waals surface area contributed by atoms with Crippen molar-refractivity contribution in [2.24, 2.45) is 0 Å². The van der Waals surface area contributed by atoms with E-state index in [1.54, 1.807) is 17.4 Å². The van der Waals surface area contributed by atoms with Gasteiger partial charge >= 0.3 is 0 Å². The zero-order valence-electron chi connectivity index (χ0n) is 15.3. The minimum absolute atomic E-state index is 0.106. The van der Waals surface area contributed by atoms with Crippen LogP contribution < -0.4 is 10.9 Å². The van der Waals surface area contributed by atoms with E-state index in [1.165, 1.54) is 20.6 Å². The number of para-hydroxylation sites is 1. The summed E-state index contributed by atoms with van der Waals surface area (Å²) in [7, 11) is 0. The summed E-state index contributed by atoms with van der Waals surface area (Å²) in [5.41, 5.74) is 2.04. The van der Waals surface area contributed by atoms with Gasteiger partial charge in [0.2, 0.25) is 11.5 Å². The van der Waals surface area contributed by atoms with Crippen LogP contribution in [0, 0.1) is 13.8 Å². The molecule has 27 heavy (non-hydrogen) atoms. The number of fused-ring (bicyclic) bond motifs is 3. The molecule has 1 atom stereocenters. The summed E-state index contributed by atoms with van der Waals surface area (Å²) in [4.78, 5) is 31.9. The van der Waals surface area contributed by atoms with Crippen LogP contribution in [0.2, 0.25) is 0 Å². The molecule has 0 aliphatic rings. The number of amides is 1. The van der Waals surface area contributed by atoms with Crippen molar-refractivity contribution >= 4 is 39.3 Å². The fourth-order valence-electron chi connectivity index (χ4n) is 3.33. The molecule has 1 amide bonds. The van der Waals surface area contributed by atoms with Gasteiger partial charge in [-0.2, -0.15) is 0 Å². The molecular weight excluding hydrogens is 362 g/mol. The molecule has 1 N–H and O–H groups in total. The number of aryl methyl sites for hydroxylation is 2. The second-order valence-electron chi connectivity index (χ2n) is 6.61. The Morgan fingerprint density at radius 1 is 1.33 bits per heavy atom. The van der Waals surface area contributed by atoms with E-state index in [9.17, 15) is 9.59 Å². The molecule has 3 heterocycles. The number of carbonyl (C=O) groups excluding carboxylic acids is 1. The Balaban J connectivity index is 1.58. The topological polar surface area (TPSA) is 77.1 Å². The van der Waals surface area contributed by atoms with E-state index < -0.39 is 0 Å². The van der Waals surface area contributed by atoms with Crippen molar-refractivity contribution in [3.05, 3.63) is 62.3 Å². The number of carbonyl (C=O) groups is 1. The van der Waals surface area contributed by atoms with Crippen molar-refractivity contribution in [1.29, 1.82) is 0 Å². The number of hydrogen-bond donors (Lipinski definition) is 1. The highest BCUT2D eigenvalue weighted by molar-refractivity contribution is 7.12. The number of benzene rings is 1. The Kier molecular flexibility index (Phi) is 4.31. The predicted octanol–water partition coefficient (Wildman–Crippen LogP) is 3.70. The SMILES string of the molecule is Cc1cc([C@@H](C)NC(=O)Cn2cnc3c(oc4ccccc43)c2=O)c(C)s1. The monoisotopic (exact) mass is 381 g/mol. The Bertz CT molecular complexity index is 1220. The molecule has 138 valence electrons. The van der Waals surface area contributed by atoms with Crippen molar-refractivity contribution in [2.45, 2.75) is 33.4 Å². The lowest BCUT2D eigenvalue weighted by Gasteiger charge is -2.14. The number of hydrogen-bond acceptors (Lipinski definition) is 5. The van der Waals surface area contributed by atoms with Crippen LogP contribution in [0.5, 0.6) is 0 Å². The molecule has 0 radical (unpaired) electrons. The fraction of sp³-hybridized carbons (Fsp3) is 0.250. The van der Waals surface area contributed by atoms with Gasteiger partial charge in [-0.3, -0.25) is 14.2 Å². The van der Waals surface area contributed by atoms with Crippen molar-refractivity contribution in [3.8, 4) is 0 Å². The van der Waals surface area contributed by atoms with Gasteiger partial charge in [0, 0.05) is 15.1 Å². The van der Waals surface area contributed by atoms with E-state index in [0.29, 0.717) is 11.1 Å². The molecular formula is C20H19N3O3S. The van der Waals surface area contributed by atoms with Gasteiger partial charge in [-0.25, -0.2) is 4.98 Å². The van der Waals surface area contributed by atoms with E-state index in [-0.39, 0.29) is 29.6 Å². The predicted molar refractivity (Wildman–Crippen MR) is 106 cm³/mol. The average molecular weight is 381 g/mol. The van der Waals surface area contributed by atoms with Crippen LogP contribution in [0.15, 0.2) is 45.9 Å². The van der Waals surface area contributed by atoms with Crippen LogP contribution in [0.1, 0.15) is 28.3 Å². The molecule has 0 saturated heterocycles.